The van der Waals surface area contributed by atoms with Gasteiger partial charge >= 0.3 is 0 Å². The Kier molecular flexibility index (Phi) is 3.33. The number of hydrogen-bond acceptors (Lipinski definition) is 3. The molecule has 3 heterocycles. The summed E-state index contributed by atoms with van der Waals surface area (Å²) in [5.74, 6) is 1.50. The standard InChI is InChI=1S/C18H18N2O3/c1-13-15-3-2-8-19(15)9-10-20(13)18(21)7-5-14-4-6-16-17(11-14)23-12-22-16/h2-8,11,13H,9-10,12H2,1H3/b7-5+/t13-/m0/s1. The van der Waals surface area contributed by atoms with Crippen molar-refractivity contribution in [3.8, 4) is 11.5 Å². The molecule has 2 aromatic rings. The van der Waals surface area contributed by atoms with Gasteiger partial charge in [-0.2, -0.15) is 0 Å². The number of aromatic nitrogens is 1. The van der Waals surface area contributed by atoms with Crippen molar-refractivity contribution in [1.82, 2.24) is 9.47 Å². The third-order valence-electron chi connectivity index (χ3n) is 4.44. The first kappa shape index (κ1) is 13.9. The maximum Gasteiger partial charge on any atom is 0.247 e. The van der Waals surface area contributed by atoms with Crippen LogP contribution in [0.5, 0.6) is 11.5 Å². The van der Waals surface area contributed by atoms with Gasteiger partial charge < -0.3 is 18.9 Å². The summed E-state index contributed by atoms with van der Waals surface area (Å²) in [6.45, 7) is 3.90. The van der Waals surface area contributed by atoms with Crippen molar-refractivity contribution >= 4 is 12.0 Å². The van der Waals surface area contributed by atoms with Crippen molar-refractivity contribution in [2.24, 2.45) is 0 Å². The highest BCUT2D eigenvalue weighted by Crippen LogP contribution is 2.33. The Balaban J connectivity index is 1.50. The normalized spacial score (nSPS) is 19.2. The lowest BCUT2D eigenvalue weighted by molar-refractivity contribution is -0.129. The second-order valence-corrected chi connectivity index (χ2v) is 5.78. The van der Waals surface area contributed by atoms with Gasteiger partial charge in [0.15, 0.2) is 11.5 Å². The van der Waals surface area contributed by atoms with Crippen LogP contribution in [0, 0.1) is 0 Å². The smallest absolute Gasteiger partial charge is 0.247 e. The molecule has 0 spiro atoms. The Morgan fingerprint density at radius 1 is 1.22 bits per heavy atom. The molecule has 2 aliphatic heterocycles. The number of nitrogens with zero attached hydrogens (tertiary/aromatic N) is 2. The highest BCUT2D eigenvalue weighted by atomic mass is 16.7. The SMILES string of the molecule is C[C@H]1c2cccn2CCN1C(=O)/C=C/c1ccc2c(c1)OCO2. The molecule has 1 amide bonds. The number of fused-ring (bicyclic) bond motifs is 2. The first-order chi connectivity index (χ1) is 11.2. The van der Waals surface area contributed by atoms with Crippen LogP contribution < -0.4 is 9.47 Å². The van der Waals surface area contributed by atoms with Crippen LogP contribution in [0.3, 0.4) is 0 Å². The van der Waals surface area contributed by atoms with Crippen LogP contribution in [0.1, 0.15) is 24.2 Å². The average Bonchev–Trinajstić information content (AvgIpc) is 3.21. The number of hydrogen-bond donors (Lipinski definition) is 0. The molecule has 23 heavy (non-hydrogen) atoms. The van der Waals surface area contributed by atoms with Gasteiger partial charge in [-0.15, -0.1) is 0 Å². The Labute approximate surface area is 134 Å². The van der Waals surface area contributed by atoms with Gasteiger partial charge in [-0.1, -0.05) is 6.07 Å². The number of amides is 1. The maximum atomic E-state index is 12.5. The van der Waals surface area contributed by atoms with Crippen LogP contribution in [-0.4, -0.2) is 28.7 Å². The number of benzene rings is 1. The lowest BCUT2D eigenvalue weighted by atomic mass is 10.1. The van der Waals surface area contributed by atoms with Gasteiger partial charge in [0.2, 0.25) is 12.7 Å². The monoisotopic (exact) mass is 310 g/mol. The molecule has 0 saturated carbocycles. The van der Waals surface area contributed by atoms with Crippen molar-refractivity contribution in [2.75, 3.05) is 13.3 Å². The Hall–Kier alpha value is -2.69. The molecule has 4 rings (SSSR count). The molecule has 0 unspecified atom stereocenters. The van der Waals surface area contributed by atoms with Crippen LogP contribution >= 0.6 is 0 Å². The van der Waals surface area contributed by atoms with Gasteiger partial charge in [-0.05, 0) is 42.8 Å². The van der Waals surface area contributed by atoms with Crippen LogP contribution in [0.2, 0.25) is 0 Å². The summed E-state index contributed by atoms with van der Waals surface area (Å²) >= 11 is 0. The summed E-state index contributed by atoms with van der Waals surface area (Å²) in [6, 6.07) is 9.86. The molecule has 0 saturated heterocycles. The van der Waals surface area contributed by atoms with E-state index in [0.717, 1.165) is 30.2 Å². The van der Waals surface area contributed by atoms with Gasteiger partial charge in [-0.3, -0.25) is 4.79 Å². The van der Waals surface area contributed by atoms with Crippen LogP contribution in [0.15, 0.2) is 42.6 Å². The van der Waals surface area contributed by atoms with E-state index in [9.17, 15) is 4.79 Å². The molecule has 118 valence electrons. The Morgan fingerprint density at radius 3 is 3.00 bits per heavy atom. The minimum absolute atomic E-state index is 0.0302. The van der Waals surface area contributed by atoms with Crippen molar-refractivity contribution in [1.29, 1.82) is 0 Å². The zero-order valence-electron chi connectivity index (χ0n) is 12.9. The zero-order valence-corrected chi connectivity index (χ0v) is 12.9. The molecule has 0 bridgehead atoms. The van der Waals surface area contributed by atoms with E-state index in [0.29, 0.717) is 0 Å². The number of rotatable bonds is 2. The lowest BCUT2D eigenvalue weighted by Gasteiger charge is -2.34. The van der Waals surface area contributed by atoms with Gasteiger partial charge in [0.25, 0.3) is 0 Å². The topological polar surface area (TPSA) is 43.7 Å². The second-order valence-electron chi connectivity index (χ2n) is 5.78. The summed E-state index contributed by atoms with van der Waals surface area (Å²) in [5, 5.41) is 0. The summed E-state index contributed by atoms with van der Waals surface area (Å²) < 4.78 is 12.8. The predicted molar refractivity (Wildman–Crippen MR) is 86.2 cm³/mol. The van der Waals surface area contributed by atoms with E-state index in [-0.39, 0.29) is 18.7 Å². The van der Waals surface area contributed by atoms with Gasteiger partial charge in [-0.25, -0.2) is 0 Å². The summed E-state index contributed by atoms with van der Waals surface area (Å²) in [7, 11) is 0. The molecular weight excluding hydrogens is 292 g/mol. The quantitative estimate of drug-likeness (QED) is 0.801. The molecule has 1 atom stereocenters. The highest BCUT2D eigenvalue weighted by molar-refractivity contribution is 5.92. The van der Waals surface area contributed by atoms with Crippen molar-refractivity contribution in [3.05, 3.63) is 53.9 Å². The van der Waals surface area contributed by atoms with Gasteiger partial charge in [0.1, 0.15) is 0 Å². The number of carbonyl (C=O) groups is 1. The number of ether oxygens (including phenoxy) is 2. The van der Waals surface area contributed by atoms with E-state index in [1.165, 1.54) is 5.69 Å². The molecule has 0 N–H and O–H groups in total. The van der Waals surface area contributed by atoms with Gasteiger partial charge in [0, 0.05) is 31.1 Å². The molecule has 0 aliphatic carbocycles. The van der Waals surface area contributed by atoms with E-state index < -0.39 is 0 Å². The van der Waals surface area contributed by atoms with Crippen LogP contribution in [0.25, 0.3) is 6.08 Å². The van der Waals surface area contributed by atoms with Crippen molar-refractivity contribution < 1.29 is 14.3 Å². The van der Waals surface area contributed by atoms with Crippen molar-refractivity contribution in [2.45, 2.75) is 19.5 Å². The fourth-order valence-electron chi connectivity index (χ4n) is 3.16. The van der Waals surface area contributed by atoms with Gasteiger partial charge in [0.05, 0.1) is 6.04 Å². The van der Waals surface area contributed by atoms with E-state index >= 15 is 0 Å². The largest absolute Gasteiger partial charge is 0.454 e. The van der Waals surface area contributed by atoms with E-state index in [1.807, 2.05) is 35.2 Å². The average molecular weight is 310 g/mol. The Morgan fingerprint density at radius 2 is 2.09 bits per heavy atom. The Bertz CT molecular complexity index is 778. The summed E-state index contributed by atoms with van der Waals surface area (Å²) in [6.07, 6.45) is 5.52. The molecule has 0 fully saturated rings. The maximum absolute atomic E-state index is 12.5. The molecule has 2 aliphatic rings. The third-order valence-corrected chi connectivity index (χ3v) is 4.44. The first-order valence-electron chi connectivity index (χ1n) is 7.76. The van der Waals surface area contributed by atoms with E-state index in [2.05, 4.69) is 23.8 Å². The highest BCUT2D eigenvalue weighted by Gasteiger charge is 2.25. The minimum atomic E-state index is 0.0302. The summed E-state index contributed by atoms with van der Waals surface area (Å²) in [4.78, 5) is 14.4. The third kappa shape index (κ3) is 2.48. The summed E-state index contributed by atoms with van der Waals surface area (Å²) in [5.41, 5.74) is 2.11. The minimum Gasteiger partial charge on any atom is -0.454 e. The van der Waals surface area contributed by atoms with Crippen LogP contribution in [-0.2, 0) is 11.3 Å². The fraction of sp³-hybridized carbons (Fsp3) is 0.278. The molecule has 5 nitrogen and oxygen atoms in total. The molecule has 1 aromatic carbocycles. The van der Waals surface area contributed by atoms with E-state index in [4.69, 9.17) is 9.47 Å². The second kappa shape index (κ2) is 5.50. The van der Waals surface area contributed by atoms with Crippen molar-refractivity contribution in [3.63, 3.8) is 0 Å². The molecular formula is C18H18N2O3. The zero-order chi connectivity index (χ0) is 15.8. The van der Waals surface area contributed by atoms with Crippen LogP contribution in [0.4, 0.5) is 0 Å². The predicted octanol–water partition coefficient (Wildman–Crippen LogP) is 2.83. The number of carbonyl (C=O) groups excluding carboxylic acids is 1. The lowest BCUT2D eigenvalue weighted by Crippen LogP contribution is -2.39. The fourth-order valence-corrected chi connectivity index (χ4v) is 3.16. The molecule has 1 aromatic heterocycles. The first-order valence-corrected chi connectivity index (χ1v) is 7.76. The van der Waals surface area contributed by atoms with E-state index in [1.54, 1.807) is 6.08 Å². The molecule has 0 radical (unpaired) electrons. The molecule has 5 heteroatoms.